The monoisotopic (exact) mass is 412 g/mol. The van der Waals surface area contributed by atoms with Gasteiger partial charge in [0.05, 0.1) is 4.92 Å². The summed E-state index contributed by atoms with van der Waals surface area (Å²) in [7, 11) is 0. The van der Waals surface area contributed by atoms with Gasteiger partial charge in [0.25, 0.3) is 11.8 Å². The third kappa shape index (κ3) is 4.78. The molecule has 0 saturated heterocycles. The maximum atomic E-state index is 12.9. The molecule has 3 rings (SSSR count). The van der Waals surface area contributed by atoms with Crippen molar-refractivity contribution < 1.29 is 18.9 Å². The standard InChI is InChI=1S/C17H13FN8O4/c18-12-3-1-10(2-4-12)16(27)24-22-14-13(26(29)30)15(21-9-20-14)23-25-17(28)11-5-7-19-8-6-11/h1-9H,(H,24,27)(H,25,28)(H2,20,21,22,23). The van der Waals surface area contributed by atoms with Crippen molar-refractivity contribution in [2.24, 2.45) is 0 Å². The van der Waals surface area contributed by atoms with Crippen LogP contribution in [-0.2, 0) is 0 Å². The number of rotatable bonds is 7. The fourth-order valence-corrected chi connectivity index (χ4v) is 2.22. The van der Waals surface area contributed by atoms with Gasteiger partial charge in [0, 0.05) is 23.5 Å². The number of benzene rings is 1. The molecule has 2 heterocycles. The molecule has 152 valence electrons. The number of carbonyl (C=O) groups excluding carboxylic acids is 2. The number of amides is 2. The van der Waals surface area contributed by atoms with Gasteiger partial charge in [0.2, 0.25) is 11.6 Å². The van der Waals surface area contributed by atoms with Crippen molar-refractivity contribution >= 4 is 29.1 Å². The fraction of sp³-hybridized carbons (Fsp3) is 0. The van der Waals surface area contributed by atoms with E-state index in [-0.39, 0.29) is 22.8 Å². The van der Waals surface area contributed by atoms with Gasteiger partial charge >= 0.3 is 5.69 Å². The van der Waals surface area contributed by atoms with Gasteiger partial charge in [-0.05, 0) is 36.4 Å². The van der Waals surface area contributed by atoms with Crippen molar-refractivity contribution in [1.82, 2.24) is 25.8 Å². The molecule has 0 unspecified atom stereocenters. The first kappa shape index (κ1) is 20.1. The summed E-state index contributed by atoms with van der Waals surface area (Å²) in [5.74, 6) is -2.44. The molecule has 0 radical (unpaired) electrons. The molecule has 4 N–H and O–H groups in total. The fourth-order valence-electron chi connectivity index (χ4n) is 2.22. The summed E-state index contributed by atoms with van der Waals surface area (Å²) in [5.41, 5.74) is 8.91. The molecule has 0 aliphatic carbocycles. The lowest BCUT2D eigenvalue weighted by Gasteiger charge is -2.11. The molecule has 2 aromatic heterocycles. The largest absolute Gasteiger partial charge is 0.356 e. The quantitative estimate of drug-likeness (QED) is 0.332. The second kappa shape index (κ2) is 9.01. The number of carbonyl (C=O) groups is 2. The molecule has 0 aliphatic rings. The second-order valence-corrected chi connectivity index (χ2v) is 5.58. The van der Waals surface area contributed by atoms with E-state index in [9.17, 15) is 24.1 Å². The molecule has 0 spiro atoms. The van der Waals surface area contributed by atoms with E-state index in [1.165, 1.54) is 36.7 Å². The Kier molecular flexibility index (Phi) is 6.02. The van der Waals surface area contributed by atoms with Crippen LogP contribution in [0.1, 0.15) is 20.7 Å². The number of hydrazine groups is 2. The lowest BCUT2D eigenvalue weighted by molar-refractivity contribution is -0.383. The van der Waals surface area contributed by atoms with Crippen molar-refractivity contribution in [2.75, 3.05) is 10.9 Å². The van der Waals surface area contributed by atoms with Gasteiger partial charge in [-0.2, -0.15) is 0 Å². The van der Waals surface area contributed by atoms with Crippen molar-refractivity contribution in [3.63, 3.8) is 0 Å². The van der Waals surface area contributed by atoms with Gasteiger partial charge in [-0.1, -0.05) is 0 Å². The average Bonchev–Trinajstić information content (AvgIpc) is 2.76. The predicted octanol–water partition coefficient (Wildman–Crippen LogP) is 1.43. The Morgan fingerprint density at radius 3 is 1.87 bits per heavy atom. The minimum Gasteiger partial charge on any atom is -0.276 e. The number of nitrogens with zero attached hydrogens (tertiary/aromatic N) is 4. The van der Waals surface area contributed by atoms with E-state index in [1.807, 2.05) is 0 Å². The van der Waals surface area contributed by atoms with E-state index in [4.69, 9.17) is 0 Å². The number of nitrogens with one attached hydrogen (secondary N) is 4. The second-order valence-electron chi connectivity index (χ2n) is 5.58. The number of pyridine rings is 1. The van der Waals surface area contributed by atoms with Crippen molar-refractivity contribution in [2.45, 2.75) is 0 Å². The van der Waals surface area contributed by atoms with Crippen LogP contribution in [0.2, 0.25) is 0 Å². The lowest BCUT2D eigenvalue weighted by Crippen LogP contribution is -2.32. The lowest BCUT2D eigenvalue weighted by atomic mass is 10.2. The van der Waals surface area contributed by atoms with Gasteiger partial charge in [-0.3, -0.25) is 46.4 Å². The van der Waals surface area contributed by atoms with Gasteiger partial charge in [0.1, 0.15) is 12.1 Å². The summed E-state index contributed by atoms with van der Waals surface area (Å²) in [5, 5.41) is 11.5. The van der Waals surface area contributed by atoms with Gasteiger partial charge in [0.15, 0.2) is 0 Å². The average molecular weight is 412 g/mol. The smallest absolute Gasteiger partial charge is 0.276 e. The van der Waals surface area contributed by atoms with Gasteiger partial charge < -0.3 is 0 Å². The van der Waals surface area contributed by atoms with Crippen molar-refractivity contribution in [1.29, 1.82) is 0 Å². The van der Waals surface area contributed by atoms with Crippen LogP contribution in [0.3, 0.4) is 0 Å². The highest BCUT2D eigenvalue weighted by atomic mass is 19.1. The number of anilines is 2. The zero-order chi connectivity index (χ0) is 21.5. The molecule has 3 aromatic rings. The number of hydrogen-bond acceptors (Lipinski definition) is 9. The zero-order valence-electron chi connectivity index (χ0n) is 15.0. The third-order valence-corrected chi connectivity index (χ3v) is 3.64. The minimum absolute atomic E-state index is 0.114. The van der Waals surface area contributed by atoms with Crippen LogP contribution >= 0.6 is 0 Å². The molecular formula is C17H13FN8O4. The summed E-state index contributed by atoms with van der Waals surface area (Å²) in [6.45, 7) is 0. The number of aromatic nitrogens is 3. The molecule has 2 amide bonds. The molecule has 0 fully saturated rings. The van der Waals surface area contributed by atoms with E-state index in [0.717, 1.165) is 18.5 Å². The molecule has 0 atom stereocenters. The van der Waals surface area contributed by atoms with Crippen LogP contribution in [0, 0.1) is 15.9 Å². The van der Waals surface area contributed by atoms with Gasteiger partial charge in [-0.15, -0.1) is 0 Å². The number of halogens is 1. The van der Waals surface area contributed by atoms with Crippen molar-refractivity contribution in [3.05, 3.63) is 82.2 Å². The van der Waals surface area contributed by atoms with E-state index < -0.39 is 28.2 Å². The number of nitro groups is 1. The van der Waals surface area contributed by atoms with E-state index in [2.05, 4.69) is 36.7 Å². The highest BCUT2D eigenvalue weighted by molar-refractivity contribution is 5.95. The molecule has 1 aromatic carbocycles. The number of hydrogen-bond donors (Lipinski definition) is 4. The Morgan fingerprint density at radius 1 is 0.867 bits per heavy atom. The van der Waals surface area contributed by atoms with Crippen LogP contribution in [0.4, 0.5) is 21.7 Å². The first-order valence-electron chi connectivity index (χ1n) is 8.23. The maximum Gasteiger partial charge on any atom is 0.356 e. The van der Waals surface area contributed by atoms with Gasteiger partial charge in [-0.25, -0.2) is 14.4 Å². The molecule has 0 aliphatic heterocycles. The zero-order valence-corrected chi connectivity index (χ0v) is 15.0. The minimum atomic E-state index is -0.798. The normalized spacial score (nSPS) is 10.0. The maximum absolute atomic E-state index is 12.9. The van der Waals surface area contributed by atoms with E-state index in [0.29, 0.717) is 0 Å². The first-order valence-corrected chi connectivity index (χ1v) is 8.23. The molecular weight excluding hydrogens is 399 g/mol. The van der Waals surface area contributed by atoms with E-state index >= 15 is 0 Å². The van der Waals surface area contributed by atoms with Crippen LogP contribution < -0.4 is 21.7 Å². The highest BCUT2D eigenvalue weighted by Gasteiger charge is 2.24. The summed E-state index contributed by atoms with van der Waals surface area (Å²) < 4.78 is 12.9. The third-order valence-electron chi connectivity index (χ3n) is 3.64. The molecule has 13 heteroatoms. The Bertz CT molecular complexity index is 1080. The molecule has 12 nitrogen and oxygen atoms in total. The Morgan fingerprint density at radius 2 is 1.37 bits per heavy atom. The topological polar surface area (TPSA) is 164 Å². The van der Waals surface area contributed by atoms with Crippen LogP contribution in [0.25, 0.3) is 0 Å². The Balaban J connectivity index is 1.72. The molecule has 0 saturated carbocycles. The van der Waals surface area contributed by atoms with Crippen molar-refractivity contribution in [3.8, 4) is 0 Å². The summed E-state index contributed by atoms with van der Waals surface area (Å²) in [4.78, 5) is 46.1. The van der Waals surface area contributed by atoms with Crippen LogP contribution in [0.15, 0.2) is 55.1 Å². The predicted molar refractivity (Wildman–Crippen MR) is 102 cm³/mol. The summed E-state index contributed by atoms with van der Waals surface area (Å²) >= 11 is 0. The van der Waals surface area contributed by atoms with Crippen LogP contribution in [0.5, 0.6) is 0 Å². The molecule has 0 bridgehead atoms. The molecule has 30 heavy (non-hydrogen) atoms. The Hall–Kier alpha value is -4.68. The van der Waals surface area contributed by atoms with E-state index in [1.54, 1.807) is 0 Å². The summed E-state index contributed by atoms with van der Waals surface area (Å²) in [6.07, 6.45) is 3.81. The Labute approximate surface area is 167 Å². The SMILES string of the molecule is O=C(NNc1ncnc(NNC(=O)c2ccc(F)cc2)c1[N+](=O)[O-])c1ccncc1. The summed E-state index contributed by atoms with van der Waals surface area (Å²) in [6, 6.07) is 7.56. The van der Waals surface area contributed by atoms with Crippen LogP contribution in [-0.4, -0.2) is 31.7 Å². The highest BCUT2D eigenvalue weighted by Crippen LogP contribution is 2.27. The first-order chi connectivity index (χ1) is 14.5.